The lowest BCUT2D eigenvalue weighted by Crippen LogP contribution is -2.19. The molecule has 0 fully saturated rings. The highest BCUT2D eigenvalue weighted by molar-refractivity contribution is 7.08. The van der Waals surface area contributed by atoms with Gasteiger partial charge in [0.2, 0.25) is 5.13 Å². The molecule has 0 radical (unpaired) electrons. The van der Waals surface area contributed by atoms with E-state index in [1.807, 2.05) is 0 Å². The molecule has 0 amide bonds. The van der Waals surface area contributed by atoms with Gasteiger partial charge in [0.25, 0.3) is 0 Å². The van der Waals surface area contributed by atoms with Gasteiger partial charge in [0, 0.05) is 23.2 Å². The van der Waals surface area contributed by atoms with Gasteiger partial charge in [-0.2, -0.15) is 4.37 Å². The third-order valence-corrected chi connectivity index (χ3v) is 3.94. The number of rotatable bonds is 2. The predicted molar refractivity (Wildman–Crippen MR) is 77.5 cm³/mol. The first-order chi connectivity index (χ1) is 10.4. The number of aromatic nitrogens is 4. The van der Waals surface area contributed by atoms with Gasteiger partial charge in [-0.3, -0.25) is 9.36 Å². The van der Waals surface area contributed by atoms with Gasteiger partial charge in [-0.15, -0.1) is 0 Å². The Morgan fingerprint density at radius 1 is 1.50 bits per heavy atom. The first kappa shape index (κ1) is 14.5. The predicted octanol–water partition coefficient (Wildman–Crippen LogP) is 2.04. The zero-order chi connectivity index (χ0) is 16.0. The van der Waals surface area contributed by atoms with Crippen molar-refractivity contribution in [2.75, 3.05) is 0 Å². The monoisotopic (exact) mass is 340 g/mol. The van der Waals surface area contributed by atoms with Gasteiger partial charge in [-0.1, -0.05) is 11.6 Å². The van der Waals surface area contributed by atoms with Crippen LogP contribution in [0.15, 0.2) is 17.2 Å². The van der Waals surface area contributed by atoms with Crippen molar-refractivity contribution in [3.63, 3.8) is 0 Å². The Kier molecular flexibility index (Phi) is 3.38. The zero-order valence-electron chi connectivity index (χ0n) is 10.9. The molecule has 22 heavy (non-hydrogen) atoms. The lowest BCUT2D eigenvalue weighted by Gasteiger charge is -2.12. The molecule has 0 aromatic carbocycles. The number of carbonyl (C=O) groups is 1. The molecule has 1 N–H and O–H groups in total. The van der Waals surface area contributed by atoms with E-state index in [2.05, 4.69) is 14.3 Å². The Bertz CT molecular complexity index is 971. The van der Waals surface area contributed by atoms with Crippen molar-refractivity contribution in [3.8, 4) is 5.13 Å². The molecule has 3 aromatic heterocycles. The van der Waals surface area contributed by atoms with Crippen molar-refractivity contribution >= 4 is 40.1 Å². The van der Waals surface area contributed by atoms with Crippen LogP contribution < -0.4 is 5.43 Å². The van der Waals surface area contributed by atoms with E-state index in [0.29, 0.717) is 0 Å². The molecule has 3 heterocycles. The largest absolute Gasteiger partial charge is 0.477 e. The van der Waals surface area contributed by atoms with Crippen LogP contribution in [0, 0.1) is 12.7 Å². The van der Waals surface area contributed by atoms with Crippen molar-refractivity contribution in [2.45, 2.75) is 6.92 Å². The van der Waals surface area contributed by atoms with Crippen LogP contribution in [-0.2, 0) is 0 Å². The number of hydrogen-bond acceptors (Lipinski definition) is 6. The summed E-state index contributed by atoms with van der Waals surface area (Å²) in [6.45, 7) is 1.37. The summed E-state index contributed by atoms with van der Waals surface area (Å²) in [5.41, 5.74) is -1.10. The van der Waals surface area contributed by atoms with Crippen LogP contribution in [0.5, 0.6) is 0 Å². The Balaban J connectivity index is 2.60. The van der Waals surface area contributed by atoms with E-state index in [1.54, 1.807) is 0 Å². The Morgan fingerprint density at radius 3 is 2.82 bits per heavy atom. The number of aromatic carboxylic acids is 1. The smallest absolute Gasteiger partial charge is 0.353 e. The summed E-state index contributed by atoms with van der Waals surface area (Å²) in [4.78, 5) is 31.3. The summed E-state index contributed by atoms with van der Waals surface area (Å²) in [5, 5.41) is 8.97. The summed E-state index contributed by atoms with van der Waals surface area (Å²) < 4.78 is 18.8. The van der Waals surface area contributed by atoms with Gasteiger partial charge in [0.15, 0.2) is 22.0 Å². The highest BCUT2D eigenvalue weighted by Gasteiger charge is 2.22. The second kappa shape index (κ2) is 5.11. The minimum Gasteiger partial charge on any atom is -0.477 e. The van der Waals surface area contributed by atoms with E-state index < -0.39 is 22.4 Å². The summed E-state index contributed by atoms with van der Waals surface area (Å²) >= 11 is 6.63. The number of fused-ring (bicyclic) bond motifs is 1. The van der Waals surface area contributed by atoms with Crippen LogP contribution in [0.2, 0.25) is 5.15 Å². The molecule has 0 spiro atoms. The Hall–Kier alpha value is -2.39. The highest BCUT2D eigenvalue weighted by atomic mass is 35.5. The molecule has 0 bridgehead atoms. The second-order valence-electron chi connectivity index (χ2n) is 4.30. The topological polar surface area (TPSA) is 98.0 Å². The molecule has 3 rings (SSSR count). The van der Waals surface area contributed by atoms with Gasteiger partial charge in [-0.05, 0) is 6.92 Å². The highest BCUT2D eigenvalue weighted by Crippen LogP contribution is 2.25. The average Bonchev–Trinajstić information content (AvgIpc) is 2.97. The molecule has 0 aliphatic carbocycles. The van der Waals surface area contributed by atoms with Crippen molar-refractivity contribution in [1.82, 2.24) is 18.9 Å². The van der Waals surface area contributed by atoms with Gasteiger partial charge in [0.05, 0.1) is 5.39 Å². The van der Waals surface area contributed by atoms with Crippen molar-refractivity contribution in [1.29, 1.82) is 0 Å². The maximum atomic E-state index is 13.9. The average molecular weight is 341 g/mol. The van der Waals surface area contributed by atoms with E-state index in [1.165, 1.54) is 13.3 Å². The number of halogens is 2. The summed E-state index contributed by atoms with van der Waals surface area (Å²) in [7, 11) is 0. The lowest BCUT2D eigenvalue weighted by atomic mass is 10.1. The van der Waals surface area contributed by atoms with E-state index in [4.69, 9.17) is 11.6 Å². The van der Waals surface area contributed by atoms with Crippen LogP contribution in [-0.4, -0.2) is 30.0 Å². The number of aryl methyl sites for hydroxylation is 1. The molecule has 0 saturated heterocycles. The number of pyridine rings is 2. The molecule has 0 unspecified atom stereocenters. The zero-order valence-corrected chi connectivity index (χ0v) is 12.4. The van der Waals surface area contributed by atoms with Crippen LogP contribution in [0.3, 0.4) is 0 Å². The number of hydrogen-bond donors (Lipinski definition) is 1. The molecule has 10 heteroatoms. The molecular weight excluding hydrogens is 335 g/mol. The van der Waals surface area contributed by atoms with Gasteiger partial charge >= 0.3 is 5.97 Å². The second-order valence-corrected chi connectivity index (χ2v) is 5.41. The fraction of sp³-hybridized carbons (Fsp3) is 0.0833. The quantitative estimate of drug-likeness (QED) is 0.717. The maximum Gasteiger partial charge on any atom is 0.353 e. The normalized spacial score (nSPS) is 11.0. The number of carboxylic acids is 1. The van der Waals surface area contributed by atoms with Crippen molar-refractivity contribution < 1.29 is 14.3 Å². The molecule has 0 aliphatic rings. The van der Waals surface area contributed by atoms with Crippen LogP contribution in [0.1, 0.15) is 16.1 Å². The van der Waals surface area contributed by atoms with Crippen LogP contribution >= 0.6 is 23.1 Å². The fourth-order valence-electron chi connectivity index (χ4n) is 2.08. The van der Waals surface area contributed by atoms with E-state index >= 15 is 0 Å². The minimum absolute atomic E-state index is 0.00444. The van der Waals surface area contributed by atoms with Crippen molar-refractivity contribution in [3.05, 3.63) is 44.8 Å². The van der Waals surface area contributed by atoms with Crippen molar-refractivity contribution in [2.24, 2.45) is 0 Å². The molecule has 0 saturated carbocycles. The Labute approximate surface area is 130 Å². The lowest BCUT2D eigenvalue weighted by molar-refractivity contribution is 0.0687. The molecule has 112 valence electrons. The molecule has 0 atom stereocenters. The third kappa shape index (κ3) is 2.06. The molecule has 3 aromatic rings. The summed E-state index contributed by atoms with van der Waals surface area (Å²) in [6, 6.07) is 0.897. The Morgan fingerprint density at radius 2 is 2.23 bits per heavy atom. The standard InChI is InChI=1S/C12H6ClFN4O3S/c1-4-7-6(19)2-5(11(20)21)18(12-15-3-16-22-12)10(7)17-9(13)8(4)14/h2-3H,1H3,(H,20,21). The minimum atomic E-state index is -1.35. The molecule has 7 nitrogen and oxygen atoms in total. The van der Waals surface area contributed by atoms with E-state index in [9.17, 15) is 19.1 Å². The summed E-state index contributed by atoms with van der Waals surface area (Å²) in [5.74, 6) is -2.17. The van der Waals surface area contributed by atoms with E-state index in [0.717, 1.165) is 22.2 Å². The maximum absolute atomic E-state index is 13.9. The molecule has 0 aliphatic heterocycles. The van der Waals surface area contributed by atoms with Gasteiger partial charge in [0.1, 0.15) is 12.0 Å². The molecular formula is C12H6ClFN4O3S. The SMILES string of the molecule is Cc1c(F)c(Cl)nc2c1c(=O)cc(C(=O)O)n2-c1ncns1. The number of carboxylic acid groups (broad SMARTS) is 1. The fourth-order valence-corrected chi connectivity index (χ4v) is 2.85. The first-order valence-corrected chi connectivity index (χ1v) is 6.98. The van der Waals surface area contributed by atoms with E-state index in [-0.39, 0.29) is 27.4 Å². The van der Waals surface area contributed by atoms with Crippen LogP contribution in [0.25, 0.3) is 16.2 Å². The summed E-state index contributed by atoms with van der Waals surface area (Å²) in [6.07, 6.45) is 1.23. The first-order valence-electron chi connectivity index (χ1n) is 5.83. The van der Waals surface area contributed by atoms with Gasteiger partial charge in [-0.25, -0.2) is 19.2 Å². The number of nitrogens with zero attached hydrogens (tertiary/aromatic N) is 4. The third-order valence-electron chi connectivity index (χ3n) is 3.04. The van der Waals surface area contributed by atoms with Crippen LogP contribution in [0.4, 0.5) is 4.39 Å². The van der Waals surface area contributed by atoms with Gasteiger partial charge < -0.3 is 5.11 Å².